The zero-order valence-corrected chi connectivity index (χ0v) is 34.3. The Morgan fingerprint density at radius 1 is 0.581 bits per heavy atom. The Morgan fingerprint density at radius 2 is 1.08 bits per heavy atom. The summed E-state index contributed by atoms with van der Waals surface area (Å²) in [5.74, 6) is -4.22. The van der Waals surface area contributed by atoms with E-state index in [0.717, 1.165) is 16.5 Å². The van der Waals surface area contributed by atoms with Crippen molar-refractivity contribution in [3.8, 4) is 5.75 Å². The number of aromatic amines is 1. The number of hydrogen-bond donors (Lipinski definition) is 8. The van der Waals surface area contributed by atoms with E-state index in [-0.39, 0.29) is 38.0 Å². The number of aromatic hydroxyl groups is 1. The number of amides is 6. The van der Waals surface area contributed by atoms with Crippen LogP contribution in [0.15, 0.2) is 115 Å². The van der Waals surface area contributed by atoms with Gasteiger partial charge in [-0.25, -0.2) is 0 Å². The molecule has 1 aromatic heterocycles. The summed E-state index contributed by atoms with van der Waals surface area (Å²) in [6.45, 7) is 1.52. The van der Waals surface area contributed by atoms with Gasteiger partial charge in [0, 0.05) is 49.3 Å². The van der Waals surface area contributed by atoms with E-state index in [1.54, 1.807) is 42.6 Å². The molecule has 2 aliphatic rings. The normalized spacial score (nSPS) is 23.5. The van der Waals surface area contributed by atoms with E-state index in [9.17, 15) is 39.0 Å². The van der Waals surface area contributed by atoms with Gasteiger partial charge >= 0.3 is 0 Å². The van der Waals surface area contributed by atoms with Crippen molar-refractivity contribution in [2.45, 2.75) is 87.8 Å². The van der Waals surface area contributed by atoms with Gasteiger partial charge in [0.15, 0.2) is 0 Å². The molecule has 5 aromatic rings. The standard InChI is InChI=1S/C47H51N7O8/c1-28(55)41-46(61)52-39(25-30-13-6-3-7-14-30)47(62)54-22-10-17-40(54)45(60)51-36(23-29-11-4-2-5-12-29)42(57)50-38(26-32-27-48-35-16-9-8-15-34(32)35)43(58)49-37(44(59)53-41)24-31-18-20-33(56)21-19-31/h2-9,11-16,18-21,27-28,36-41,48,55-56H,10,17,22-26H2,1H3,(H,49,58)(H,50,57)(H,51,60)(H,52,61)(H,53,59)/t28-,36+,37+,38-,39+,40+,41+/m1/s1. The lowest BCUT2D eigenvalue weighted by Gasteiger charge is -2.32. The lowest BCUT2D eigenvalue weighted by atomic mass is 9.99. The first-order chi connectivity index (χ1) is 29.9. The van der Waals surface area contributed by atoms with Crippen LogP contribution in [0, 0.1) is 0 Å². The van der Waals surface area contributed by atoms with Gasteiger partial charge in [0.2, 0.25) is 35.4 Å². The number of aromatic nitrogens is 1. The summed E-state index contributed by atoms with van der Waals surface area (Å²) in [6.07, 6.45) is 1.01. The van der Waals surface area contributed by atoms with E-state index in [1.165, 1.54) is 24.0 Å². The molecule has 3 heterocycles. The summed E-state index contributed by atoms with van der Waals surface area (Å²) in [7, 11) is 0. The molecule has 2 aliphatic heterocycles. The number of nitrogens with zero attached hydrogens (tertiary/aromatic N) is 1. The third kappa shape index (κ3) is 10.5. The molecule has 322 valence electrons. The van der Waals surface area contributed by atoms with Gasteiger partial charge in [-0.05, 0) is 60.2 Å². The van der Waals surface area contributed by atoms with E-state index in [2.05, 4.69) is 31.6 Å². The highest BCUT2D eigenvalue weighted by Gasteiger charge is 2.41. The van der Waals surface area contributed by atoms with Gasteiger partial charge < -0.3 is 46.7 Å². The minimum absolute atomic E-state index is 0.0173. The molecule has 0 radical (unpaired) electrons. The van der Waals surface area contributed by atoms with E-state index in [1.807, 2.05) is 60.7 Å². The Hall–Kier alpha value is -7.00. The maximum atomic E-state index is 14.6. The van der Waals surface area contributed by atoms with Gasteiger partial charge in [-0.15, -0.1) is 0 Å². The molecule has 2 fully saturated rings. The van der Waals surface area contributed by atoms with Crippen LogP contribution in [0.2, 0.25) is 0 Å². The third-order valence-electron chi connectivity index (χ3n) is 11.5. The number of H-pyrrole nitrogens is 1. The number of carbonyl (C=O) groups excluding carboxylic acids is 6. The van der Waals surface area contributed by atoms with Crippen LogP contribution in [-0.4, -0.2) is 104 Å². The number of phenolic OH excluding ortho intramolecular Hbond substituents is 1. The summed E-state index contributed by atoms with van der Waals surface area (Å²) in [5, 5.41) is 35.7. The van der Waals surface area contributed by atoms with Crippen LogP contribution in [0.25, 0.3) is 10.9 Å². The fourth-order valence-electron chi connectivity index (χ4n) is 8.15. The summed E-state index contributed by atoms with van der Waals surface area (Å²) in [6, 6.07) is 23.9. The van der Waals surface area contributed by atoms with Crippen molar-refractivity contribution in [2.75, 3.05) is 6.54 Å². The lowest BCUT2D eigenvalue weighted by molar-refractivity contribution is -0.143. The van der Waals surface area contributed by atoms with Crippen LogP contribution in [0.1, 0.15) is 42.0 Å². The van der Waals surface area contributed by atoms with E-state index < -0.39 is 77.8 Å². The minimum atomic E-state index is -1.58. The van der Waals surface area contributed by atoms with Crippen LogP contribution < -0.4 is 26.6 Å². The number of benzene rings is 4. The van der Waals surface area contributed by atoms with E-state index in [0.29, 0.717) is 29.5 Å². The Labute approximate surface area is 358 Å². The molecule has 2 saturated heterocycles. The average molecular weight is 842 g/mol. The molecule has 0 bridgehead atoms. The number of aliphatic hydroxyl groups excluding tert-OH is 1. The molecule has 62 heavy (non-hydrogen) atoms. The Morgan fingerprint density at radius 3 is 1.69 bits per heavy atom. The molecule has 7 atom stereocenters. The molecule has 15 heteroatoms. The molecular formula is C47H51N7O8. The molecule has 4 aromatic carbocycles. The largest absolute Gasteiger partial charge is 0.508 e. The molecule has 6 amide bonds. The highest BCUT2D eigenvalue weighted by atomic mass is 16.3. The Bertz CT molecular complexity index is 2390. The quantitative estimate of drug-likeness (QED) is 0.109. The van der Waals surface area contributed by atoms with Gasteiger partial charge in [0.05, 0.1) is 6.10 Å². The number of aliphatic hydroxyl groups is 1. The number of para-hydroxylation sites is 1. The van der Waals surface area contributed by atoms with Gasteiger partial charge in [0.25, 0.3) is 0 Å². The highest BCUT2D eigenvalue weighted by molar-refractivity contribution is 5.99. The number of hydrogen-bond acceptors (Lipinski definition) is 8. The van der Waals surface area contributed by atoms with Crippen molar-refractivity contribution in [1.29, 1.82) is 0 Å². The second-order valence-electron chi connectivity index (χ2n) is 16.0. The number of fused-ring (bicyclic) bond motifs is 2. The maximum absolute atomic E-state index is 14.6. The highest BCUT2D eigenvalue weighted by Crippen LogP contribution is 2.22. The summed E-state index contributed by atoms with van der Waals surface area (Å²) < 4.78 is 0. The molecular weight excluding hydrogens is 791 g/mol. The van der Waals surface area contributed by atoms with Crippen molar-refractivity contribution in [2.24, 2.45) is 0 Å². The van der Waals surface area contributed by atoms with Gasteiger partial charge in [-0.1, -0.05) is 91.0 Å². The SMILES string of the molecule is C[C@@H](O)[C@@H]1NC(=O)[C@H](Cc2ccc(O)cc2)NC(=O)[C@@H](Cc2c[nH]c3ccccc23)NC(=O)[C@H](Cc2ccccc2)NC(=O)[C@@H]2CCCN2C(=O)[C@H](Cc2ccccc2)NC1=O. The fourth-order valence-corrected chi connectivity index (χ4v) is 8.15. The first-order valence-corrected chi connectivity index (χ1v) is 20.8. The van der Waals surface area contributed by atoms with Crippen LogP contribution in [0.4, 0.5) is 0 Å². The zero-order valence-electron chi connectivity index (χ0n) is 34.3. The first-order valence-electron chi connectivity index (χ1n) is 20.8. The van der Waals surface area contributed by atoms with Crippen molar-refractivity contribution in [1.82, 2.24) is 36.5 Å². The van der Waals surface area contributed by atoms with Gasteiger partial charge in [-0.3, -0.25) is 28.8 Å². The predicted molar refractivity (Wildman–Crippen MR) is 230 cm³/mol. The van der Waals surface area contributed by atoms with Gasteiger partial charge in [-0.2, -0.15) is 0 Å². The molecule has 8 N–H and O–H groups in total. The van der Waals surface area contributed by atoms with Crippen LogP contribution >= 0.6 is 0 Å². The van der Waals surface area contributed by atoms with Crippen molar-refractivity contribution < 1.29 is 39.0 Å². The third-order valence-corrected chi connectivity index (χ3v) is 11.5. The van der Waals surface area contributed by atoms with Crippen LogP contribution in [0.3, 0.4) is 0 Å². The molecule has 15 nitrogen and oxygen atoms in total. The Balaban J connectivity index is 1.29. The topological polar surface area (TPSA) is 222 Å². The molecule has 7 rings (SSSR count). The molecule has 0 saturated carbocycles. The second kappa shape index (κ2) is 19.6. The number of nitrogens with one attached hydrogen (secondary N) is 6. The van der Waals surface area contributed by atoms with E-state index in [4.69, 9.17) is 0 Å². The summed E-state index contributed by atoms with van der Waals surface area (Å²) in [5.41, 5.74) is 3.49. The summed E-state index contributed by atoms with van der Waals surface area (Å²) >= 11 is 0. The number of rotatable bonds is 9. The fraction of sp³-hybridized carbons (Fsp3) is 0.319. The van der Waals surface area contributed by atoms with Crippen molar-refractivity contribution in [3.63, 3.8) is 0 Å². The molecule has 0 aliphatic carbocycles. The monoisotopic (exact) mass is 841 g/mol. The molecule has 0 unspecified atom stereocenters. The molecule has 0 spiro atoms. The Kier molecular flexibility index (Phi) is 13.6. The zero-order chi connectivity index (χ0) is 43.8. The maximum Gasteiger partial charge on any atom is 0.246 e. The van der Waals surface area contributed by atoms with Gasteiger partial charge in [0.1, 0.15) is 42.0 Å². The number of phenols is 1. The number of carbonyl (C=O) groups is 6. The lowest BCUT2D eigenvalue weighted by Crippen LogP contribution is -2.63. The smallest absolute Gasteiger partial charge is 0.246 e. The minimum Gasteiger partial charge on any atom is -0.508 e. The second-order valence-corrected chi connectivity index (χ2v) is 16.0. The summed E-state index contributed by atoms with van der Waals surface area (Å²) in [4.78, 5) is 91.1. The van der Waals surface area contributed by atoms with E-state index >= 15 is 0 Å². The average Bonchev–Trinajstić information content (AvgIpc) is 3.93. The van der Waals surface area contributed by atoms with Crippen LogP contribution in [-0.2, 0) is 54.5 Å². The van der Waals surface area contributed by atoms with Crippen LogP contribution in [0.5, 0.6) is 5.75 Å². The van der Waals surface area contributed by atoms with Crippen molar-refractivity contribution in [3.05, 3.63) is 138 Å². The predicted octanol–water partition coefficient (Wildman–Crippen LogP) is 1.95. The van der Waals surface area contributed by atoms with Crippen molar-refractivity contribution >= 4 is 46.3 Å². The first kappa shape index (κ1) is 43.1.